The number of aliphatic carboxylic acids is 2. The van der Waals surface area contributed by atoms with Gasteiger partial charge in [-0.3, -0.25) is 9.59 Å². The van der Waals surface area contributed by atoms with E-state index in [4.69, 9.17) is 5.11 Å². The molecule has 3 N–H and O–H groups in total. The van der Waals surface area contributed by atoms with Gasteiger partial charge in [0, 0.05) is 17.4 Å². The van der Waals surface area contributed by atoms with Crippen LogP contribution < -0.4 is 5.32 Å². The lowest BCUT2D eigenvalue weighted by molar-refractivity contribution is -0.147. The first kappa shape index (κ1) is 29.0. The van der Waals surface area contributed by atoms with E-state index in [-0.39, 0.29) is 5.75 Å². The third-order valence-corrected chi connectivity index (χ3v) is 6.10. The summed E-state index contributed by atoms with van der Waals surface area (Å²) in [6.07, 6.45) is 10.7. The third-order valence-electron chi connectivity index (χ3n) is 5.12. The van der Waals surface area contributed by atoms with Crippen LogP contribution in [0.2, 0.25) is 0 Å². The Morgan fingerprint density at radius 1 is 0.839 bits per heavy atom. The molecule has 0 aromatic heterocycles. The number of carboxylic acid groups (broad SMARTS) is 2. The fourth-order valence-corrected chi connectivity index (χ4v) is 3.64. The van der Waals surface area contributed by atoms with Crippen LogP contribution in [0.3, 0.4) is 0 Å². The van der Waals surface area contributed by atoms with Crippen LogP contribution in [0.4, 0.5) is 0 Å². The van der Waals surface area contributed by atoms with Gasteiger partial charge < -0.3 is 15.5 Å². The lowest BCUT2D eigenvalue weighted by atomic mass is 9.95. The molecule has 0 rings (SSSR count). The number of rotatable bonds is 15. The quantitative estimate of drug-likeness (QED) is 0.236. The van der Waals surface area contributed by atoms with Crippen molar-refractivity contribution in [2.45, 2.75) is 73.3 Å². The summed E-state index contributed by atoms with van der Waals surface area (Å²) in [5.74, 6) is -3.55. The van der Waals surface area contributed by atoms with E-state index >= 15 is 0 Å². The van der Waals surface area contributed by atoms with Gasteiger partial charge in [0.05, 0.1) is 5.92 Å². The van der Waals surface area contributed by atoms with Crippen LogP contribution in [0.1, 0.15) is 67.2 Å². The first-order valence-corrected chi connectivity index (χ1v) is 11.9. The monoisotopic (exact) mass is 453 g/mol. The van der Waals surface area contributed by atoms with E-state index in [1.165, 1.54) is 42.3 Å². The summed E-state index contributed by atoms with van der Waals surface area (Å²) in [5, 5.41) is 20.8. The Labute approximate surface area is 191 Å². The molecule has 1 amide bonds. The van der Waals surface area contributed by atoms with Gasteiger partial charge in [-0.05, 0) is 53.4 Å². The second-order valence-corrected chi connectivity index (χ2v) is 9.39. The highest BCUT2D eigenvalue weighted by atomic mass is 32.2. The number of carbonyl (C=O) groups is 3. The molecule has 7 heteroatoms. The average molecular weight is 454 g/mol. The Balaban J connectivity index is 4.41. The number of hydrogen-bond acceptors (Lipinski definition) is 4. The summed E-state index contributed by atoms with van der Waals surface area (Å²) < 4.78 is 0. The highest BCUT2D eigenvalue weighted by molar-refractivity contribution is 7.99. The largest absolute Gasteiger partial charge is 0.481 e. The zero-order chi connectivity index (χ0) is 24.0. The second-order valence-electron chi connectivity index (χ2n) is 8.31. The van der Waals surface area contributed by atoms with E-state index in [0.29, 0.717) is 5.75 Å². The van der Waals surface area contributed by atoms with Gasteiger partial charge in [0.25, 0.3) is 0 Å². The molecule has 31 heavy (non-hydrogen) atoms. The molecule has 0 aromatic rings. The van der Waals surface area contributed by atoms with E-state index < -0.39 is 35.7 Å². The molecule has 3 atom stereocenters. The number of nitrogens with one attached hydrogen (secondary N) is 1. The Hall–Kier alpha value is -2.02. The van der Waals surface area contributed by atoms with Crippen molar-refractivity contribution in [2.75, 3.05) is 11.5 Å². The number of hydrogen-bond donors (Lipinski definition) is 3. The van der Waals surface area contributed by atoms with Gasteiger partial charge in [0.1, 0.15) is 6.04 Å². The maximum atomic E-state index is 12.1. The molecular weight excluding hydrogens is 414 g/mol. The van der Waals surface area contributed by atoms with E-state index in [1.54, 1.807) is 0 Å². The van der Waals surface area contributed by atoms with Crippen molar-refractivity contribution in [1.82, 2.24) is 5.32 Å². The van der Waals surface area contributed by atoms with Crippen LogP contribution in [0, 0.1) is 11.8 Å². The fraction of sp³-hybridized carbons (Fsp3) is 0.625. The molecule has 0 unspecified atom stereocenters. The van der Waals surface area contributed by atoms with Crippen LogP contribution in [0.5, 0.6) is 0 Å². The van der Waals surface area contributed by atoms with Gasteiger partial charge in [-0.1, -0.05) is 48.8 Å². The van der Waals surface area contributed by atoms with Crippen LogP contribution >= 0.6 is 11.8 Å². The van der Waals surface area contributed by atoms with Crippen molar-refractivity contribution in [3.8, 4) is 0 Å². The first-order chi connectivity index (χ1) is 14.5. The van der Waals surface area contributed by atoms with Crippen molar-refractivity contribution in [2.24, 2.45) is 11.8 Å². The smallest absolute Gasteiger partial charge is 0.327 e. The predicted molar refractivity (Wildman–Crippen MR) is 128 cm³/mol. The Bertz CT molecular complexity index is 692. The van der Waals surface area contributed by atoms with Gasteiger partial charge in [-0.2, -0.15) is 11.8 Å². The molecule has 0 saturated carbocycles. The summed E-state index contributed by atoms with van der Waals surface area (Å²) >= 11 is 1.43. The molecule has 0 aliphatic heterocycles. The minimum atomic E-state index is -1.12. The molecule has 0 aliphatic carbocycles. The van der Waals surface area contributed by atoms with Crippen molar-refractivity contribution < 1.29 is 24.6 Å². The number of allylic oxidation sites excluding steroid dienone is 5. The molecule has 0 aliphatic rings. The van der Waals surface area contributed by atoms with Gasteiger partial charge in [0.2, 0.25) is 5.91 Å². The maximum Gasteiger partial charge on any atom is 0.327 e. The lowest BCUT2D eigenvalue weighted by Crippen LogP contribution is -2.46. The van der Waals surface area contributed by atoms with Crippen molar-refractivity contribution >= 4 is 29.6 Å². The standard InChI is InChI=1S/C24H39NO5S/c1-16(2)9-7-10-17(3)11-8-12-18(4)13-14-31-15-21(24(29)30)25-22(26)19(5)20(6)23(27)28/h9,11,13,19-21H,7-8,10,12,14-15H2,1-6H3,(H,25,26)(H,27,28)(H,29,30)/b17-11+,18-13+/t19-,20-,21+/m1/s1. The zero-order valence-corrected chi connectivity index (χ0v) is 20.6. The second kappa shape index (κ2) is 15.7. The summed E-state index contributed by atoms with van der Waals surface area (Å²) in [5.41, 5.74) is 3.99. The van der Waals surface area contributed by atoms with Crippen molar-refractivity contribution in [1.29, 1.82) is 0 Å². The van der Waals surface area contributed by atoms with Crippen molar-refractivity contribution in [3.05, 3.63) is 34.9 Å². The van der Waals surface area contributed by atoms with Gasteiger partial charge >= 0.3 is 11.9 Å². The zero-order valence-electron chi connectivity index (χ0n) is 19.7. The molecular formula is C24H39NO5S. The topological polar surface area (TPSA) is 104 Å². The van der Waals surface area contributed by atoms with Crippen molar-refractivity contribution in [3.63, 3.8) is 0 Å². The molecule has 0 radical (unpaired) electrons. The maximum absolute atomic E-state index is 12.1. The highest BCUT2D eigenvalue weighted by Gasteiger charge is 2.29. The molecule has 0 spiro atoms. The van der Waals surface area contributed by atoms with Crippen LogP contribution in [-0.2, 0) is 14.4 Å². The van der Waals surface area contributed by atoms with E-state index in [0.717, 1.165) is 25.7 Å². The first-order valence-electron chi connectivity index (χ1n) is 10.7. The minimum absolute atomic E-state index is 0.225. The number of thioether (sulfide) groups is 1. The molecule has 6 nitrogen and oxygen atoms in total. The van der Waals surface area contributed by atoms with Gasteiger partial charge in [-0.25, -0.2) is 4.79 Å². The summed E-state index contributed by atoms with van der Waals surface area (Å²) in [6, 6.07) is -1.04. The minimum Gasteiger partial charge on any atom is -0.481 e. The summed E-state index contributed by atoms with van der Waals surface area (Å²) in [6.45, 7) is 11.4. The fourth-order valence-electron chi connectivity index (χ4n) is 2.64. The van der Waals surface area contributed by atoms with Crippen LogP contribution in [0.15, 0.2) is 34.9 Å². The number of amides is 1. The molecule has 176 valence electrons. The SMILES string of the molecule is CC(C)=CCC/C(C)=C/CC/C(C)=C/CSC[C@H](NC(=O)[C@H](C)[C@@H](C)C(=O)O)C(=O)O. The van der Waals surface area contributed by atoms with E-state index in [9.17, 15) is 19.5 Å². The molecule has 0 fully saturated rings. The Morgan fingerprint density at radius 2 is 1.39 bits per heavy atom. The molecule has 0 aromatic carbocycles. The highest BCUT2D eigenvalue weighted by Crippen LogP contribution is 2.14. The molecule has 0 heterocycles. The Kier molecular flexibility index (Phi) is 14.7. The summed E-state index contributed by atoms with van der Waals surface area (Å²) in [7, 11) is 0. The van der Waals surface area contributed by atoms with E-state index in [1.807, 2.05) is 0 Å². The van der Waals surface area contributed by atoms with Gasteiger partial charge in [-0.15, -0.1) is 0 Å². The number of carbonyl (C=O) groups excluding carboxylic acids is 1. The van der Waals surface area contributed by atoms with Crippen LogP contribution in [-0.4, -0.2) is 45.6 Å². The van der Waals surface area contributed by atoms with Crippen LogP contribution in [0.25, 0.3) is 0 Å². The molecule has 0 bridgehead atoms. The Morgan fingerprint density at radius 3 is 1.90 bits per heavy atom. The lowest BCUT2D eigenvalue weighted by Gasteiger charge is -2.19. The average Bonchev–Trinajstić information content (AvgIpc) is 2.68. The normalized spacial score (nSPS) is 15.0. The predicted octanol–water partition coefficient (Wildman–Crippen LogP) is 5.07. The number of carboxylic acids is 2. The van der Waals surface area contributed by atoms with Gasteiger partial charge in [0.15, 0.2) is 0 Å². The third kappa shape index (κ3) is 13.8. The molecule has 0 saturated heterocycles. The summed E-state index contributed by atoms with van der Waals surface area (Å²) in [4.78, 5) is 34.6. The van der Waals surface area contributed by atoms with E-state index in [2.05, 4.69) is 51.2 Å².